The van der Waals surface area contributed by atoms with E-state index in [9.17, 15) is 0 Å². The Bertz CT molecular complexity index is 20.9. The van der Waals surface area contributed by atoms with Gasteiger partial charge < -0.3 is 0 Å². The SMILES string of the molecule is C=C[CH2][AlH2].Cl. The normalized spacial score (nSPS) is 4.80. The van der Waals surface area contributed by atoms with Gasteiger partial charge in [-0.25, -0.2) is 0 Å². The Morgan fingerprint density at radius 1 is 1.80 bits per heavy atom. The highest BCUT2D eigenvalue weighted by Crippen LogP contribution is 1.61. The summed E-state index contributed by atoms with van der Waals surface area (Å²) in [6, 6.07) is 0. The van der Waals surface area contributed by atoms with E-state index in [2.05, 4.69) is 6.58 Å². The first-order chi connectivity index (χ1) is 1.91. The standard InChI is InChI=1S/C3H5.Al.ClH.2H/c1-3-2;;;;/h3H,1-2H2;;1H;;. The Morgan fingerprint density at radius 3 is 2.00 bits per heavy atom. The molecule has 0 fully saturated rings. The fourth-order valence-electron chi connectivity index (χ4n) is 0. The zero-order valence-electron chi connectivity index (χ0n) is 3.40. The van der Waals surface area contributed by atoms with Crippen LogP contribution in [0.2, 0.25) is 5.28 Å². The van der Waals surface area contributed by atoms with E-state index in [0.29, 0.717) is 0 Å². The van der Waals surface area contributed by atoms with Crippen LogP contribution in [0.25, 0.3) is 0 Å². The van der Waals surface area contributed by atoms with Crippen molar-refractivity contribution in [3.63, 3.8) is 0 Å². The molecule has 0 amide bonds. The van der Waals surface area contributed by atoms with Gasteiger partial charge in [0, 0.05) is 0 Å². The molecule has 0 bridgehead atoms. The molecule has 0 atom stereocenters. The summed E-state index contributed by atoms with van der Waals surface area (Å²) < 4.78 is 0. The number of hydrogen-bond acceptors (Lipinski definition) is 0. The van der Waals surface area contributed by atoms with Gasteiger partial charge in [0.1, 0.15) is 0 Å². The molecule has 0 aromatic rings. The summed E-state index contributed by atoms with van der Waals surface area (Å²) in [7, 11) is 0. The van der Waals surface area contributed by atoms with Crippen molar-refractivity contribution < 1.29 is 0 Å². The lowest BCUT2D eigenvalue weighted by atomic mass is 10.8. The first kappa shape index (κ1) is 9.12. The first-order valence-corrected chi connectivity index (χ1v) is 2.94. The second-order valence-corrected chi connectivity index (χ2v) is 1.51. The Morgan fingerprint density at radius 2 is 2.00 bits per heavy atom. The Balaban J connectivity index is 0. The van der Waals surface area contributed by atoms with Crippen molar-refractivity contribution in [1.82, 2.24) is 0 Å². The molecule has 0 N–H and O–H groups in total. The predicted octanol–water partition coefficient (Wildman–Crippen LogP) is 0.646. The third-order valence-electron chi connectivity index (χ3n) is 0.289. The third-order valence-corrected chi connectivity index (χ3v) is 0.866. The van der Waals surface area contributed by atoms with Crippen LogP contribution in [-0.4, -0.2) is 16.3 Å². The van der Waals surface area contributed by atoms with Gasteiger partial charge in [0.05, 0.1) is 0 Å². The van der Waals surface area contributed by atoms with Crippen LogP contribution in [-0.2, 0) is 0 Å². The van der Waals surface area contributed by atoms with Crippen molar-refractivity contribution in [3.8, 4) is 0 Å². The van der Waals surface area contributed by atoms with E-state index in [-0.39, 0.29) is 12.4 Å². The summed E-state index contributed by atoms with van der Waals surface area (Å²) in [4.78, 5) is 0. The maximum atomic E-state index is 3.51. The summed E-state index contributed by atoms with van der Waals surface area (Å²) >= 11 is 1.27. The van der Waals surface area contributed by atoms with Crippen LogP contribution >= 0.6 is 12.4 Å². The molecule has 0 aliphatic carbocycles. The Hall–Kier alpha value is 0.562. The van der Waals surface area contributed by atoms with Gasteiger partial charge in [-0.3, -0.25) is 0 Å². The molecule has 0 aromatic carbocycles. The summed E-state index contributed by atoms with van der Waals surface area (Å²) in [6.07, 6.45) is 1.94. The van der Waals surface area contributed by atoms with Gasteiger partial charge in [-0.2, -0.15) is 0 Å². The van der Waals surface area contributed by atoms with E-state index in [1.807, 2.05) is 6.08 Å². The average Bonchev–Trinajstić information content (AvgIpc) is 1.37. The molecule has 0 nitrogen and oxygen atoms in total. The highest BCUT2D eigenvalue weighted by molar-refractivity contribution is 6.09. The molecule has 0 spiro atoms. The molecule has 0 aliphatic rings. The third kappa shape index (κ3) is 12.3. The molecule has 2 heteroatoms. The van der Waals surface area contributed by atoms with Gasteiger partial charge in [-0.1, -0.05) is 5.28 Å². The second kappa shape index (κ2) is 8.82. The first-order valence-electron chi connectivity index (χ1n) is 1.52. The van der Waals surface area contributed by atoms with Crippen LogP contribution in [0.15, 0.2) is 12.7 Å². The summed E-state index contributed by atoms with van der Waals surface area (Å²) in [5.41, 5.74) is 0. The number of rotatable bonds is 1. The van der Waals surface area contributed by atoms with Gasteiger partial charge in [0.2, 0.25) is 16.3 Å². The maximum absolute atomic E-state index is 3.51. The van der Waals surface area contributed by atoms with Gasteiger partial charge >= 0.3 is 0 Å². The predicted molar refractivity (Wildman–Crippen MR) is 30.8 cm³/mol. The zero-order valence-corrected chi connectivity index (χ0v) is 6.22. The van der Waals surface area contributed by atoms with Gasteiger partial charge in [-0.15, -0.1) is 25.1 Å². The number of hydrogen-bond donors (Lipinski definition) is 0. The number of halogens is 1. The molecular formula is C3H8AlCl. The maximum Gasteiger partial charge on any atom is 0.217 e. The highest BCUT2D eigenvalue weighted by Gasteiger charge is 1.49. The lowest BCUT2D eigenvalue weighted by Gasteiger charge is -1.55. The minimum Gasteiger partial charge on any atom is -0.147 e. The Labute approximate surface area is 47.1 Å². The molecule has 0 heterocycles. The topological polar surface area (TPSA) is 0 Å². The molecule has 0 aliphatic heterocycles. The van der Waals surface area contributed by atoms with Crippen molar-refractivity contribution in [2.75, 3.05) is 0 Å². The molecule has 0 saturated heterocycles. The summed E-state index contributed by atoms with van der Waals surface area (Å²) in [5, 5.41) is 1.22. The van der Waals surface area contributed by atoms with Crippen molar-refractivity contribution >= 4 is 28.7 Å². The van der Waals surface area contributed by atoms with Crippen LogP contribution in [0.5, 0.6) is 0 Å². The smallest absolute Gasteiger partial charge is 0.147 e. The average molecular weight is 107 g/mol. The number of allylic oxidation sites excluding steroid dienone is 1. The Kier molecular flexibility index (Phi) is 16.1. The minimum atomic E-state index is 0. The van der Waals surface area contributed by atoms with Crippen LogP contribution in [0.3, 0.4) is 0 Å². The van der Waals surface area contributed by atoms with E-state index in [4.69, 9.17) is 0 Å². The van der Waals surface area contributed by atoms with Crippen molar-refractivity contribution in [2.45, 2.75) is 5.28 Å². The summed E-state index contributed by atoms with van der Waals surface area (Å²) in [5.74, 6) is 0. The van der Waals surface area contributed by atoms with Gasteiger partial charge in [0.15, 0.2) is 0 Å². The summed E-state index contributed by atoms with van der Waals surface area (Å²) in [6.45, 7) is 3.51. The zero-order chi connectivity index (χ0) is 3.41. The van der Waals surface area contributed by atoms with E-state index >= 15 is 0 Å². The quantitative estimate of drug-likeness (QED) is 0.340. The largest absolute Gasteiger partial charge is 0.217 e. The van der Waals surface area contributed by atoms with E-state index in [1.54, 1.807) is 0 Å². The molecular weight excluding hydrogens is 98.5 g/mol. The van der Waals surface area contributed by atoms with Crippen LogP contribution in [0, 0.1) is 0 Å². The van der Waals surface area contributed by atoms with E-state index in [0.717, 1.165) is 0 Å². The van der Waals surface area contributed by atoms with Gasteiger partial charge in [-0.05, 0) is 0 Å². The second-order valence-electron chi connectivity index (χ2n) is 0.697. The van der Waals surface area contributed by atoms with Gasteiger partial charge in [0.25, 0.3) is 0 Å². The lowest BCUT2D eigenvalue weighted by Crippen LogP contribution is -1.47. The molecule has 0 rings (SSSR count). The lowest BCUT2D eigenvalue weighted by molar-refractivity contribution is 1.76. The van der Waals surface area contributed by atoms with E-state index in [1.165, 1.54) is 21.6 Å². The molecule has 30 valence electrons. The van der Waals surface area contributed by atoms with Crippen LogP contribution in [0.4, 0.5) is 0 Å². The van der Waals surface area contributed by atoms with Crippen LogP contribution < -0.4 is 0 Å². The molecule has 0 saturated carbocycles. The van der Waals surface area contributed by atoms with E-state index < -0.39 is 0 Å². The molecule has 5 heavy (non-hydrogen) atoms. The molecule has 0 aromatic heterocycles. The molecule has 0 radical (unpaired) electrons. The van der Waals surface area contributed by atoms with Crippen molar-refractivity contribution in [1.29, 1.82) is 0 Å². The van der Waals surface area contributed by atoms with Crippen molar-refractivity contribution in [2.24, 2.45) is 0 Å². The fraction of sp³-hybridized carbons (Fsp3) is 0.333. The van der Waals surface area contributed by atoms with Crippen molar-refractivity contribution in [3.05, 3.63) is 12.7 Å². The minimum absolute atomic E-state index is 0. The van der Waals surface area contributed by atoms with Crippen LogP contribution in [0.1, 0.15) is 0 Å². The monoisotopic (exact) mass is 106 g/mol. The molecule has 0 unspecified atom stereocenters. The highest BCUT2D eigenvalue weighted by atomic mass is 35.5. The fourth-order valence-corrected chi connectivity index (χ4v) is 0.